The fraction of sp³-hybridized carbons (Fsp3) is 0.0909. The number of carbonyl (C=O) groups excluding carboxylic acids is 1. The zero-order chi connectivity index (χ0) is 22.5. The first-order valence-corrected chi connectivity index (χ1v) is 9.71. The van der Waals surface area contributed by atoms with Crippen molar-refractivity contribution < 1.29 is 14.5 Å². The number of fused-ring (bicyclic) bond motifs is 1. The van der Waals surface area contributed by atoms with Crippen LogP contribution in [-0.4, -0.2) is 32.5 Å². The number of nitro groups is 1. The summed E-state index contributed by atoms with van der Waals surface area (Å²) in [6.07, 6.45) is 2.86. The van der Waals surface area contributed by atoms with Crippen LogP contribution in [0.2, 0.25) is 0 Å². The standard InChI is InChI=1S/C22H18N6O4/c1-2-32-22(29)15-7-3-9-16(12-15)26-20-19(28(30)31)21(25-13-24-20)27-17-10-4-6-14-8-5-11-23-18(14)17/h3-13H,2H2,1H3,(H2,24,25,26,27). The SMILES string of the molecule is CCOC(=O)c1cccc(Nc2ncnc(Nc3cccc4cccnc34)c2[N+](=O)[O-])c1. The molecule has 0 aliphatic rings. The van der Waals surface area contributed by atoms with Gasteiger partial charge in [0.25, 0.3) is 0 Å². The molecule has 0 aliphatic heterocycles. The minimum atomic E-state index is -0.571. The second kappa shape index (κ2) is 9.04. The lowest BCUT2D eigenvalue weighted by molar-refractivity contribution is -0.383. The molecule has 0 spiro atoms. The topological polar surface area (TPSA) is 132 Å². The van der Waals surface area contributed by atoms with Crippen molar-refractivity contribution in [3.8, 4) is 0 Å². The highest BCUT2D eigenvalue weighted by atomic mass is 16.6. The lowest BCUT2D eigenvalue weighted by Crippen LogP contribution is -2.07. The third kappa shape index (κ3) is 4.29. The van der Waals surface area contributed by atoms with E-state index in [-0.39, 0.29) is 23.9 Å². The molecule has 0 aliphatic carbocycles. The number of rotatable bonds is 7. The fourth-order valence-electron chi connectivity index (χ4n) is 3.14. The molecule has 10 nitrogen and oxygen atoms in total. The van der Waals surface area contributed by atoms with E-state index < -0.39 is 10.9 Å². The molecule has 0 amide bonds. The summed E-state index contributed by atoms with van der Waals surface area (Å²) < 4.78 is 5.00. The van der Waals surface area contributed by atoms with E-state index in [4.69, 9.17) is 4.74 Å². The van der Waals surface area contributed by atoms with Gasteiger partial charge in [-0.2, -0.15) is 0 Å². The van der Waals surface area contributed by atoms with Crippen molar-refractivity contribution in [1.29, 1.82) is 0 Å². The Morgan fingerprint density at radius 1 is 1.03 bits per heavy atom. The largest absolute Gasteiger partial charge is 0.462 e. The fourth-order valence-corrected chi connectivity index (χ4v) is 3.14. The lowest BCUT2D eigenvalue weighted by Gasteiger charge is -2.12. The van der Waals surface area contributed by atoms with Crippen LogP contribution in [0.25, 0.3) is 10.9 Å². The first-order valence-electron chi connectivity index (χ1n) is 9.71. The van der Waals surface area contributed by atoms with Crippen LogP contribution >= 0.6 is 0 Å². The number of hydrogen-bond donors (Lipinski definition) is 2. The van der Waals surface area contributed by atoms with Crippen LogP contribution < -0.4 is 10.6 Å². The van der Waals surface area contributed by atoms with Gasteiger partial charge >= 0.3 is 11.7 Å². The van der Waals surface area contributed by atoms with Gasteiger partial charge in [-0.1, -0.05) is 24.3 Å². The summed E-state index contributed by atoms with van der Waals surface area (Å²) in [6, 6.07) is 15.6. The number of hydrogen-bond acceptors (Lipinski definition) is 9. The zero-order valence-corrected chi connectivity index (χ0v) is 17.0. The molecule has 0 bridgehead atoms. The van der Waals surface area contributed by atoms with Crippen molar-refractivity contribution in [2.45, 2.75) is 6.92 Å². The average Bonchev–Trinajstić information content (AvgIpc) is 2.80. The van der Waals surface area contributed by atoms with Gasteiger partial charge in [-0.3, -0.25) is 15.1 Å². The molecule has 0 atom stereocenters. The monoisotopic (exact) mass is 430 g/mol. The van der Waals surface area contributed by atoms with Crippen LogP contribution in [0.5, 0.6) is 0 Å². The molecule has 4 aromatic rings. The number of ether oxygens (including phenoxy) is 1. The third-order valence-corrected chi connectivity index (χ3v) is 4.53. The van der Waals surface area contributed by atoms with Crippen LogP contribution in [0.1, 0.15) is 17.3 Å². The van der Waals surface area contributed by atoms with Crippen LogP contribution in [0.15, 0.2) is 67.1 Å². The van der Waals surface area contributed by atoms with E-state index in [2.05, 4.69) is 25.6 Å². The second-order valence-corrected chi connectivity index (χ2v) is 6.61. The lowest BCUT2D eigenvalue weighted by atomic mass is 10.2. The van der Waals surface area contributed by atoms with Crippen molar-refractivity contribution in [3.05, 3.63) is 82.8 Å². The molecular formula is C22H18N6O4. The molecule has 0 radical (unpaired) electrons. The van der Waals surface area contributed by atoms with E-state index >= 15 is 0 Å². The third-order valence-electron chi connectivity index (χ3n) is 4.53. The Labute approximate surface area is 182 Å². The number of carbonyl (C=O) groups is 1. The second-order valence-electron chi connectivity index (χ2n) is 6.61. The van der Waals surface area contributed by atoms with Crippen LogP contribution in [0.3, 0.4) is 0 Å². The molecule has 2 aromatic carbocycles. The van der Waals surface area contributed by atoms with Gasteiger partial charge in [0.05, 0.1) is 28.3 Å². The molecule has 10 heteroatoms. The number of aromatic nitrogens is 3. The van der Waals surface area contributed by atoms with Crippen molar-refractivity contribution in [2.75, 3.05) is 17.2 Å². The van der Waals surface area contributed by atoms with Gasteiger partial charge in [0, 0.05) is 17.3 Å². The minimum absolute atomic E-state index is 0.00667. The number of esters is 1. The van der Waals surface area contributed by atoms with Gasteiger partial charge in [0.1, 0.15) is 6.33 Å². The minimum Gasteiger partial charge on any atom is -0.462 e. The number of anilines is 4. The molecule has 32 heavy (non-hydrogen) atoms. The van der Waals surface area contributed by atoms with Crippen molar-refractivity contribution in [3.63, 3.8) is 0 Å². The summed E-state index contributed by atoms with van der Waals surface area (Å²) in [5.74, 6) is -0.506. The highest BCUT2D eigenvalue weighted by molar-refractivity contribution is 5.93. The molecule has 2 aromatic heterocycles. The van der Waals surface area contributed by atoms with Crippen molar-refractivity contribution in [2.24, 2.45) is 0 Å². The summed E-state index contributed by atoms with van der Waals surface area (Å²) in [4.78, 5) is 35.8. The normalized spacial score (nSPS) is 10.5. The van der Waals surface area contributed by atoms with Gasteiger partial charge in [-0.05, 0) is 37.3 Å². The molecule has 0 saturated heterocycles. The number of para-hydroxylation sites is 1. The van der Waals surface area contributed by atoms with E-state index in [9.17, 15) is 14.9 Å². The quantitative estimate of drug-likeness (QED) is 0.245. The van der Waals surface area contributed by atoms with Gasteiger partial charge in [-0.25, -0.2) is 14.8 Å². The molecule has 4 rings (SSSR count). The molecule has 2 N–H and O–H groups in total. The number of nitrogens with zero attached hydrogens (tertiary/aromatic N) is 4. The van der Waals surface area contributed by atoms with E-state index in [1.54, 1.807) is 37.4 Å². The molecular weight excluding hydrogens is 412 g/mol. The van der Waals surface area contributed by atoms with Crippen LogP contribution in [-0.2, 0) is 4.74 Å². The van der Waals surface area contributed by atoms with Crippen LogP contribution in [0, 0.1) is 10.1 Å². The Kier molecular flexibility index (Phi) is 5.84. The Balaban J connectivity index is 1.70. The summed E-state index contributed by atoms with van der Waals surface area (Å²) in [5.41, 5.74) is 1.63. The zero-order valence-electron chi connectivity index (χ0n) is 17.0. The maximum Gasteiger partial charge on any atom is 0.353 e. The predicted octanol–water partition coefficient (Wildman–Crippen LogP) is 4.60. The Bertz CT molecular complexity index is 1310. The molecule has 0 fully saturated rings. The average molecular weight is 430 g/mol. The number of nitrogens with one attached hydrogen (secondary N) is 2. The maximum atomic E-state index is 12.0. The Morgan fingerprint density at radius 2 is 1.78 bits per heavy atom. The summed E-state index contributed by atoms with van der Waals surface area (Å²) >= 11 is 0. The van der Waals surface area contributed by atoms with E-state index in [1.165, 1.54) is 12.4 Å². The van der Waals surface area contributed by atoms with Crippen molar-refractivity contribution in [1.82, 2.24) is 15.0 Å². The van der Waals surface area contributed by atoms with E-state index in [1.807, 2.05) is 24.3 Å². The number of benzene rings is 2. The van der Waals surface area contributed by atoms with E-state index in [0.29, 0.717) is 22.5 Å². The first kappa shape index (κ1) is 20.7. The smallest absolute Gasteiger partial charge is 0.353 e. The molecule has 0 unspecified atom stereocenters. The highest BCUT2D eigenvalue weighted by Crippen LogP contribution is 2.34. The molecule has 160 valence electrons. The first-order chi connectivity index (χ1) is 15.6. The predicted molar refractivity (Wildman–Crippen MR) is 119 cm³/mol. The van der Waals surface area contributed by atoms with Crippen molar-refractivity contribution >= 4 is 45.6 Å². The Hall–Kier alpha value is -4.60. The van der Waals surface area contributed by atoms with Crippen LogP contribution in [0.4, 0.5) is 28.7 Å². The van der Waals surface area contributed by atoms with E-state index in [0.717, 1.165) is 5.39 Å². The summed E-state index contributed by atoms with van der Waals surface area (Å²) in [5, 5.41) is 18.7. The maximum absolute atomic E-state index is 12.0. The van der Waals surface area contributed by atoms with Gasteiger partial charge in [0.2, 0.25) is 11.6 Å². The van der Waals surface area contributed by atoms with Gasteiger partial charge in [-0.15, -0.1) is 0 Å². The van der Waals surface area contributed by atoms with Gasteiger partial charge in [0.15, 0.2) is 0 Å². The summed E-state index contributed by atoms with van der Waals surface area (Å²) in [7, 11) is 0. The van der Waals surface area contributed by atoms with Gasteiger partial charge < -0.3 is 15.4 Å². The molecule has 2 heterocycles. The number of pyridine rings is 1. The Morgan fingerprint density at radius 3 is 2.56 bits per heavy atom. The highest BCUT2D eigenvalue weighted by Gasteiger charge is 2.24. The summed E-state index contributed by atoms with van der Waals surface area (Å²) in [6.45, 7) is 1.95. The molecule has 0 saturated carbocycles.